The maximum absolute atomic E-state index is 14.0. The maximum atomic E-state index is 14.0. The summed E-state index contributed by atoms with van der Waals surface area (Å²) in [7, 11) is 0. The Balaban J connectivity index is 1.94. The Morgan fingerprint density at radius 1 is 1.30 bits per heavy atom. The Bertz CT molecular complexity index is 487. The highest BCUT2D eigenvalue weighted by molar-refractivity contribution is 9.10. The van der Waals surface area contributed by atoms with Gasteiger partial charge in [-0.1, -0.05) is 12.5 Å². The van der Waals surface area contributed by atoms with Gasteiger partial charge in [0, 0.05) is 37.8 Å². The van der Waals surface area contributed by atoms with Crippen molar-refractivity contribution in [1.82, 2.24) is 10.2 Å². The van der Waals surface area contributed by atoms with Crippen LogP contribution in [0.4, 0.5) is 4.39 Å². The van der Waals surface area contributed by atoms with Crippen molar-refractivity contribution in [1.29, 1.82) is 0 Å². The summed E-state index contributed by atoms with van der Waals surface area (Å²) in [6.07, 6.45) is 3.59. The highest BCUT2D eigenvalue weighted by Gasteiger charge is 2.35. The molecule has 1 aromatic rings. The number of rotatable bonds is 3. The van der Waals surface area contributed by atoms with Crippen LogP contribution < -0.4 is 5.32 Å². The Morgan fingerprint density at radius 2 is 2.00 bits per heavy atom. The fourth-order valence-corrected chi connectivity index (χ4v) is 3.58. The molecule has 3 nitrogen and oxygen atoms in total. The van der Waals surface area contributed by atoms with E-state index in [9.17, 15) is 9.50 Å². The molecular formula is C15H20BrFN2O. The summed E-state index contributed by atoms with van der Waals surface area (Å²) in [4.78, 5) is 2.39. The summed E-state index contributed by atoms with van der Waals surface area (Å²) in [6.45, 7) is 3.84. The lowest BCUT2D eigenvalue weighted by molar-refractivity contribution is 0.0815. The largest absolute Gasteiger partial charge is 0.505 e. The van der Waals surface area contributed by atoms with Crippen LogP contribution >= 0.6 is 15.9 Å². The zero-order valence-electron chi connectivity index (χ0n) is 11.4. The van der Waals surface area contributed by atoms with E-state index in [1.165, 1.54) is 19.3 Å². The zero-order valence-corrected chi connectivity index (χ0v) is 13.0. The van der Waals surface area contributed by atoms with Crippen molar-refractivity contribution >= 4 is 15.9 Å². The van der Waals surface area contributed by atoms with Crippen molar-refractivity contribution < 1.29 is 9.50 Å². The summed E-state index contributed by atoms with van der Waals surface area (Å²) in [5, 5.41) is 13.5. The average molecular weight is 343 g/mol. The van der Waals surface area contributed by atoms with Gasteiger partial charge in [0.2, 0.25) is 0 Å². The van der Waals surface area contributed by atoms with Gasteiger partial charge in [0.25, 0.3) is 0 Å². The third-order valence-corrected chi connectivity index (χ3v) is 5.17. The van der Waals surface area contributed by atoms with Gasteiger partial charge in [-0.3, -0.25) is 4.90 Å². The first-order chi connectivity index (χ1) is 9.68. The van der Waals surface area contributed by atoms with Crippen LogP contribution in [0, 0.1) is 11.7 Å². The number of halogens is 2. The van der Waals surface area contributed by atoms with Crippen molar-refractivity contribution in [2.24, 2.45) is 5.92 Å². The molecule has 1 aromatic carbocycles. The Hall–Kier alpha value is -0.650. The monoisotopic (exact) mass is 342 g/mol. The molecular weight excluding hydrogens is 323 g/mol. The molecule has 0 aromatic heterocycles. The van der Waals surface area contributed by atoms with Gasteiger partial charge < -0.3 is 10.4 Å². The van der Waals surface area contributed by atoms with Gasteiger partial charge in [0.1, 0.15) is 0 Å². The van der Waals surface area contributed by atoms with Gasteiger partial charge >= 0.3 is 0 Å². The van der Waals surface area contributed by atoms with Gasteiger partial charge in [-0.25, -0.2) is 4.39 Å². The van der Waals surface area contributed by atoms with E-state index >= 15 is 0 Å². The van der Waals surface area contributed by atoms with Crippen LogP contribution in [0.15, 0.2) is 16.6 Å². The van der Waals surface area contributed by atoms with Crippen LogP contribution in [0.5, 0.6) is 5.75 Å². The highest BCUT2D eigenvalue weighted by Crippen LogP contribution is 2.45. The molecule has 1 saturated carbocycles. The van der Waals surface area contributed by atoms with E-state index in [0.29, 0.717) is 10.4 Å². The van der Waals surface area contributed by atoms with Crippen LogP contribution in [0.25, 0.3) is 0 Å². The summed E-state index contributed by atoms with van der Waals surface area (Å²) >= 11 is 3.13. The van der Waals surface area contributed by atoms with Crippen LogP contribution in [-0.2, 0) is 0 Å². The molecule has 3 rings (SSSR count). The van der Waals surface area contributed by atoms with Crippen molar-refractivity contribution in [3.05, 3.63) is 28.0 Å². The molecule has 1 saturated heterocycles. The van der Waals surface area contributed by atoms with E-state index in [-0.39, 0.29) is 11.8 Å². The summed E-state index contributed by atoms with van der Waals surface area (Å²) < 4.78 is 14.3. The summed E-state index contributed by atoms with van der Waals surface area (Å²) in [5.41, 5.74) is 0.748. The Kier molecular flexibility index (Phi) is 4.29. The minimum absolute atomic E-state index is 0.147. The van der Waals surface area contributed by atoms with Crippen molar-refractivity contribution in [3.63, 3.8) is 0 Å². The lowest BCUT2D eigenvalue weighted by atomic mass is 9.76. The highest BCUT2D eigenvalue weighted by atomic mass is 79.9. The lowest BCUT2D eigenvalue weighted by Crippen LogP contribution is -2.47. The number of nitrogens with one attached hydrogen (secondary N) is 1. The number of aromatic hydroxyl groups is 1. The van der Waals surface area contributed by atoms with Crippen molar-refractivity contribution in [2.75, 3.05) is 26.2 Å². The predicted octanol–water partition coefficient (Wildman–Crippen LogP) is 3.04. The molecule has 0 radical (unpaired) electrons. The molecule has 1 aliphatic heterocycles. The van der Waals surface area contributed by atoms with Gasteiger partial charge in [-0.15, -0.1) is 0 Å². The van der Waals surface area contributed by atoms with Crippen molar-refractivity contribution in [2.45, 2.75) is 25.3 Å². The molecule has 0 unspecified atom stereocenters. The number of phenols is 1. The number of piperazine rings is 1. The molecule has 2 N–H and O–H groups in total. The molecule has 1 aliphatic carbocycles. The lowest BCUT2D eigenvalue weighted by Gasteiger charge is -2.43. The first kappa shape index (κ1) is 14.3. The van der Waals surface area contributed by atoms with Crippen molar-refractivity contribution in [3.8, 4) is 5.75 Å². The molecule has 0 spiro atoms. The predicted molar refractivity (Wildman–Crippen MR) is 80.3 cm³/mol. The fourth-order valence-electron chi connectivity index (χ4n) is 3.26. The van der Waals surface area contributed by atoms with E-state index in [1.54, 1.807) is 6.07 Å². The number of phenolic OH excluding ortho intramolecular Hbond substituents is 1. The molecule has 0 amide bonds. The van der Waals surface area contributed by atoms with Crippen LogP contribution in [-0.4, -0.2) is 36.2 Å². The standard InChI is InChI=1S/C15H20BrFN2O/c16-12-5-4-11(15(20)13(12)17)14(10-2-1-3-10)19-8-6-18-7-9-19/h4-5,10,14,18,20H,1-3,6-9H2/t14-/m1/s1. The third kappa shape index (κ3) is 2.59. The molecule has 20 heavy (non-hydrogen) atoms. The minimum atomic E-state index is -0.540. The van der Waals surface area contributed by atoms with Crippen LogP contribution in [0.3, 0.4) is 0 Å². The van der Waals surface area contributed by atoms with Gasteiger partial charge in [-0.05, 0) is 40.8 Å². The SMILES string of the molecule is Oc1c([C@@H](C2CCC2)N2CCNCC2)ccc(Br)c1F. The molecule has 2 aliphatic rings. The molecule has 5 heteroatoms. The van der Waals surface area contributed by atoms with Crippen LogP contribution in [0.2, 0.25) is 0 Å². The number of benzene rings is 1. The maximum Gasteiger partial charge on any atom is 0.179 e. The first-order valence-electron chi connectivity index (χ1n) is 7.30. The fraction of sp³-hybridized carbons (Fsp3) is 0.600. The minimum Gasteiger partial charge on any atom is -0.505 e. The quantitative estimate of drug-likeness (QED) is 0.886. The topological polar surface area (TPSA) is 35.5 Å². The molecule has 0 bridgehead atoms. The second-order valence-electron chi connectivity index (χ2n) is 5.72. The normalized spacial score (nSPS) is 22.5. The average Bonchev–Trinajstić information content (AvgIpc) is 2.42. The van der Waals surface area contributed by atoms with E-state index in [4.69, 9.17) is 0 Å². The summed E-state index contributed by atoms with van der Waals surface area (Å²) in [5.74, 6) is -0.184. The number of hydrogen-bond acceptors (Lipinski definition) is 3. The second-order valence-corrected chi connectivity index (χ2v) is 6.58. The third-order valence-electron chi connectivity index (χ3n) is 4.56. The molecule has 110 valence electrons. The van der Waals surface area contributed by atoms with E-state index in [0.717, 1.165) is 31.7 Å². The Labute approximate surface area is 127 Å². The van der Waals surface area contributed by atoms with Gasteiger partial charge in [-0.2, -0.15) is 0 Å². The van der Waals surface area contributed by atoms with Gasteiger partial charge in [0.05, 0.1) is 4.47 Å². The Morgan fingerprint density at radius 3 is 2.60 bits per heavy atom. The number of nitrogens with zero attached hydrogens (tertiary/aromatic N) is 1. The zero-order chi connectivity index (χ0) is 14.1. The number of hydrogen-bond donors (Lipinski definition) is 2. The van der Waals surface area contributed by atoms with E-state index in [1.807, 2.05) is 6.07 Å². The smallest absolute Gasteiger partial charge is 0.179 e. The summed E-state index contributed by atoms with van der Waals surface area (Å²) in [6, 6.07) is 3.72. The molecule has 1 atom stereocenters. The molecule has 2 fully saturated rings. The second kappa shape index (κ2) is 6.00. The van der Waals surface area contributed by atoms with Crippen LogP contribution in [0.1, 0.15) is 30.9 Å². The van der Waals surface area contributed by atoms with E-state index < -0.39 is 5.82 Å². The first-order valence-corrected chi connectivity index (χ1v) is 8.09. The molecule has 1 heterocycles. The van der Waals surface area contributed by atoms with Gasteiger partial charge in [0.15, 0.2) is 11.6 Å². The van der Waals surface area contributed by atoms with E-state index in [2.05, 4.69) is 26.1 Å².